The Morgan fingerprint density at radius 1 is 1.14 bits per heavy atom. The zero-order chi connectivity index (χ0) is 10.1. The van der Waals surface area contributed by atoms with Crippen molar-refractivity contribution in [1.29, 1.82) is 0 Å². The predicted octanol–water partition coefficient (Wildman–Crippen LogP) is 2.07. The number of benzene rings is 1. The smallest absolute Gasteiger partial charge is 0.146 e. The molecular formula is C11H13N3. The monoisotopic (exact) mass is 187 g/mol. The van der Waals surface area contributed by atoms with E-state index in [2.05, 4.69) is 24.2 Å². The van der Waals surface area contributed by atoms with E-state index in [1.54, 1.807) is 0 Å². The van der Waals surface area contributed by atoms with Gasteiger partial charge in [0.2, 0.25) is 0 Å². The fourth-order valence-electron chi connectivity index (χ4n) is 1.45. The Morgan fingerprint density at radius 3 is 2.29 bits per heavy atom. The van der Waals surface area contributed by atoms with Crippen molar-refractivity contribution in [1.82, 2.24) is 9.78 Å². The summed E-state index contributed by atoms with van der Waals surface area (Å²) in [7, 11) is 0. The van der Waals surface area contributed by atoms with Crippen LogP contribution in [0.25, 0.3) is 5.69 Å². The molecule has 2 N–H and O–H groups in total. The lowest BCUT2D eigenvalue weighted by atomic mass is 10.2. The molecule has 1 aromatic carbocycles. The van der Waals surface area contributed by atoms with E-state index in [9.17, 15) is 0 Å². The second-order valence-corrected chi connectivity index (χ2v) is 3.46. The minimum absolute atomic E-state index is 0.558. The largest absolute Gasteiger partial charge is 0.382 e. The van der Waals surface area contributed by atoms with Crippen LogP contribution < -0.4 is 5.73 Å². The van der Waals surface area contributed by atoms with Gasteiger partial charge in [0.15, 0.2) is 0 Å². The van der Waals surface area contributed by atoms with Crippen LogP contribution in [0.3, 0.4) is 0 Å². The van der Waals surface area contributed by atoms with Gasteiger partial charge in [0.05, 0.1) is 5.69 Å². The number of rotatable bonds is 1. The lowest BCUT2D eigenvalue weighted by Gasteiger charge is -2.03. The van der Waals surface area contributed by atoms with E-state index in [0.29, 0.717) is 5.82 Å². The van der Waals surface area contributed by atoms with E-state index in [4.69, 9.17) is 5.73 Å². The SMILES string of the molecule is Cc1ccc(-n2nc(N)cc2C)cc1. The fraction of sp³-hybridized carbons (Fsp3) is 0.182. The van der Waals surface area contributed by atoms with Crippen LogP contribution in [0.2, 0.25) is 0 Å². The highest BCUT2D eigenvalue weighted by Crippen LogP contribution is 2.13. The van der Waals surface area contributed by atoms with Gasteiger partial charge < -0.3 is 5.73 Å². The van der Waals surface area contributed by atoms with E-state index >= 15 is 0 Å². The first-order valence-electron chi connectivity index (χ1n) is 4.56. The summed E-state index contributed by atoms with van der Waals surface area (Å²) in [6.45, 7) is 4.05. The average Bonchev–Trinajstić information content (AvgIpc) is 2.47. The summed E-state index contributed by atoms with van der Waals surface area (Å²) < 4.78 is 1.84. The Morgan fingerprint density at radius 2 is 1.79 bits per heavy atom. The maximum Gasteiger partial charge on any atom is 0.146 e. The molecule has 2 rings (SSSR count). The first-order chi connectivity index (χ1) is 6.66. The van der Waals surface area contributed by atoms with Crippen LogP contribution >= 0.6 is 0 Å². The maximum absolute atomic E-state index is 5.61. The van der Waals surface area contributed by atoms with Gasteiger partial charge >= 0.3 is 0 Å². The van der Waals surface area contributed by atoms with Crippen LogP contribution in [0.15, 0.2) is 30.3 Å². The molecule has 0 bridgehead atoms. The van der Waals surface area contributed by atoms with Gasteiger partial charge in [0.1, 0.15) is 5.82 Å². The Kier molecular flexibility index (Phi) is 2.00. The Bertz CT molecular complexity index is 440. The minimum atomic E-state index is 0.558. The van der Waals surface area contributed by atoms with Crippen molar-refractivity contribution in [2.75, 3.05) is 5.73 Å². The summed E-state index contributed by atoms with van der Waals surface area (Å²) >= 11 is 0. The molecule has 1 aromatic heterocycles. The molecule has 0 aliphatic carbocycles. The zero-order valence-corrected chi connectivity index (χ0v) is 8.36. The predicted molar refractivity (Wildman–Crippen MR) is 57.5 cm³/mol. The second-order valence-electron chi connectivity index (χ2n) is 3.46. The normalized spacial score (nSPS) is 10.4. The standard InChI is InChI=1S/C11H13N3/c1-8-3-5-10(6-4-8)14-9(2)7-11(12)13-14/h3-7H,1-2H3,(H2,12,13). The Labute approximate surface area is 83.2 Å². The minimum Gasteiger partial charge on any atom is -0.382 e. The lowest BCUT2D eigenvalue weighted by Crippen LogP contribution is -1.99. The van der Waals surface area contributed by atoms with Crippen LogP contribution in [0.5, 0.6) is 0 Å². The molecule has 14 heavy (non-hydrogen) atoms. The van der Waals surface area contributed by atoms with Crippen LogP contribution in [-0.2, 0) is 0 Å². The third-order valence-electron chi connectivity index (χ3n) is 2.18. The van der Waals surface area contributed by atoms with Gasteiger partial charge in [-0.25, -0.2) is 4.68 Å². The molecule has 0 amide bonds. The molecule has 0 aliphatic rings. The third-order valence-corrected chi connectivity index (χ3v) is 2.18. The topological polar surface area (TPSA) is 43.8 Å². The fourth-order valence-corrected chi connectivity index (χ4v) is 1.45. The molecule has 0 atom stereocenters. The number of nitrogens with two attached hydrogens (primary N) is 1. The molecule has 72 valence electrons. The average molecular weight is 187 g/mol. The van der Waals surface area contributed by atoms with Crippen LogP contribution in [-0.4, -0.2) is 9.78 Å². The summed E-state index contributed by atoms with van der Waals surface area (Å²) in [5.74, 6) is 0.558. The van der Waals surface area contributed by atoms with Crippen molar-refractivity contribution >= 4 is 5.82 Å². The van der Waals surface area contributed by atoms with Crippen molar-refractivity contribution in [3.63, 3.8) is 0 Å². The molecule has 3 nitrogen and oxygen atoms in total. The van der Waals surface area contributed by atoms with E-state index < -0.39 is 0 Å². The van der Waals surface area contributed by atoms with Crippen molar-refractivity contribution in [3.05, 3.63) is 41.6 Å². The lowest BCUT2D eigenvalue weighted by molar-refractivity contribution is 0.851. The first kappa shape index (κ1) is 8.81. The maximum atomic E-state index is 5.61. The molecule has 0 radical (unpaired) electrons. The summed E-state index contributed by atoms with van der Waals surface area (Å²) in [5, 5.41) is 4.20. The third kappa shape index (κ3) is 1.48. The molecule has 0 saturated carbocycles. The van der Waals surface area contributed by atoms with Crippen molar-refractivity contribution in [2.45, 2.75) is 13.8 Å². The number of hydrogen-bond acceptors (Lipinski definition) is 2. The van der Waals surface area contributed by atoms with Crippen molar-refractivity contribution < 1.29 is 0 Å². The van der Waals surface area contributed by atoms with E-state index in [0.717, 1.165) is 11.4 Å². The van der Waals surface area contributed by atoms with Crippen molar-refractivity contribution in [3.8, 4) is 5.69 Å². The van der Waals surface area contributed by atoms with Gasteiger partial charge in [-0.15, -0.1) is 0 Å². The van der Waals surface area contributed by atoms with Crippen molar-refractivity contribution in [2.24, 2.45) is 0 Å². The molecule has 0 saturated heterocycles. The molecule has 3 heteroatoms. The molecule has 1 heterocycles. The van der Waals surface area contributed by atoms with Gasteiger partial charge in [-0.1, -0.05) is 17.7 Å². The highest BCUT2D eigenvalue weighted by molar-refractivity contribution is 5.39. The highest BCUT2D eigenvalue weighted by Gasteiger charge is 2.02. The Hall–Kier alpha value is -1.77. The van der Waals surface area contributed by atoms with Crippen LogP contribution in [0, 0.1) is 13.8 Å². The first-order valence-corrected chi connectivity index (χ1v) is 4.56. The van der Waals surface area contributed by atoms with E-state index in [1.165, 1.54) is 5.56 Å². The molecule has 0 aliphatic heterocycles. The molecular weight excluding hydrogens is 174 g/mol. The van der Waals surface area contributed by atoms with Crippen LogP contribution in [0.4, 0.5) is 5.82 Å². The van der Waals surface area contributed by atoms with Crippen LogP contribution in [0.1, 0.15) is 11.3 Å². The number of hydrogen-bond donors (Lipinski definition) is 1. The van der Waals surface area contributed by atoms with Gasteiger partial charge in [0, 0.05) is 11.8 Å². The number of aryl methyl sites for hydroxylation is 2. The highest BCUT2D eigenvalue weighted by atomic mass is 15.3. The number of nitrogen functional groups attached to an aromatic ring is 1. The summed E-state index contributed by atoms with van der Waals surface area (Å²) in [6, 6.07) is 10.1. The van der Waals surface area contributed by atoms with Gasteiger partial charge in [-0.2, -0.15) is 5.10 Å². The number of anilines is 1. The summed E-state index contributed by atoms with van der Waals surface area (Å²) in [6.07, 6.45) is 0. The van der Waals surface area contributed by atoms with Gasteiger partial charge in [0.25, 0.3) is 0 Å². The zero-order valence-electron chi connectivity index (χ0n) is 8.36. The number of nitrogens with zero attached hydrogens (tertiary/aromatic N) is 2. The summed E-state index contributed by atoms with van der Waals surface area (Å²) in [5.41, 5.74) is 8.95. The van der Waals surface area contributed by atoms with Gasteiger partial charge in [-0.05, 0) is 26.0 Å². The Balaban J connectivity index is 2.49. The quantitative estimate of drug-likeness (QED) is 0.742. The van der Waals surface area contributed by atoms with E-state index in [1.807, 2.05) is 29.8 Å². The van der Waals surface area contributed by atoms with Gasteiger partial charge in [-0.3, -0.25) is 0 Å². The molecule has 0 spiro atoms. The second kappa shape index (κ2) is 3.18. The number of aromatic nitrogens is 2. The molecule has 2 aromatic rings. The summed E-state index contributed by atoms with van der Waals surface area (Å²) in [4.78, 5) is 0. The molecule has 0 unspecified atom stereocenters. The van der Waals surface area contributed by atoms with E-state index in [-0.39, 0.29) is 0 Å². The molecule has 0 fully saturated rings.